The molecule has 0 spiro atoms. The van der Waals surface area contributed by atoms with Crippen LogP contribution in [0.1, 0.15) is 17.8 Å². The smallest absolute Gasteiger partial charge is 0.221 e. The number of thioether (sulfide) groups is 1. The van der Waals surface area contributed by atoms with Crippen LogP contribution in [0.2, 0.25) is 0 Å². The average Bonchev–Trinajstić information content (AvgIpc) is 2.47. The number of nitrogens with zero attached hydrogens (tertiary/aromatic N) is 1. The van der Waals surface area contributed by atoms with Crippen LogP contribution in [0.3, 0.4) is 0 Å². The van der Waals surface area contributed by atoms with Crippen molar-refractivity contribution in [3.8, 4) is 0 Å². The van der Waals surface area contributed by atoms with Crippen molar-refractivity contribution in [1.29, 1.82) is 0 Å². The average molecular weight is 365 g/mol. The van der Waals surface area contributed by atoms with Crippen LogP contribution >= 0.6 is 27.7 Å². The number of nitrogens with one attached hydrogen (secondary N) is 1. The first-order chi connectivity index (χ1) is 10.1. The molecule has 3 nitrogen and oxygen atoms in total. The molecule has 0 saturated carbocycles. The number of carbonyl (C=O) groups excluding carboxylic acids is 1. The predicted molar refractivity (Wildman–Crippen MR) is 90.3 cm³/mol. The highest BCUT2D eigenvalue weighted by molar-refractivity contribution is 9.10. The first-order valence-corrected chi connectivity index (χ1v) is 8.49. The molecular formula is C16H17BrN2OS. The molecule has 0 saturated heterocycles. The molecule has 0 radical (unpaired) electrons. The lowest BCUT2D eigenvalue weighted by atomic mass is 10.3. The lowest BCUT2D eigenvalue weighted by molar-refractivity contribution is -0.120. The van der Waals surface area contributed by atoms with Gasteiger partial charge in [-0.05, 0) is 47.1 Å². The summed E-state index contributed by atoms with van der Waals surface area (Å²) in [6.45, 7) is 2.43. The summed E-state index contributed by atoms with van der Waals surface area (Å²) in [6, 6.07) is 13.8. The normalized spacial score (nSPS) is 10.4. The molecule has 2 aromatic rings. The topological polar surface area (TPSA) is 42.0 Å². The number of amides is 1. The van der Waals surface area contributed by atoms with Crippen LogP contribution in [0.15, 0.2) is 51.8 Å². The highest BCUT2D eigenvalue weighted by atomic mass is 79.9. The Bertz CT molecular complexity index is 619. The lowest BCUT2D eigenvalue weighted by Gasteiger charge is -2.06. The van der Waals surface area contributed by atoms with Crippen molar-refractivity contribution in [3.63, 3.8) is 0 Å². The van der Waals surface area contributed by atoms with E-state index in [9.17, 15) is 4.79 Å². The van der Waals surface area contributed by atoms with E-state index in [0.29, 0.717) is 13.0 Å². The molecule has 1 aromatic carbocycles. The van der Waals surface area contributed by atoms with Gasteiger partial charge in [-0.1, -0.05) is 18.2 Å². The molecular weight excluding hydrogens is 348 g/mol. The SMILES string of the molecule is Cc1cccc(CNC(=O)CCSc2ccccc2Br)n1. The Labute approximate surface area is 137 Å². The number of pyridine rings is 1. The Balaban J connectivity index is 1.72. The van der Waals surface area contributed by atoms with E-state index in [1.54, 1.807) is 11.8 Å². The molecule has 0 atom stereocenters. The fraction of sp³-hybridized carbons (Fsp3) is 0.250. The number of carbonyl (C=O) groups is 1. The zero-order chi connectivity index (χ0) is 15.1. The standard InChI is InChI=1S/C16H17BrN2OS/c1-12-5-4-6-13(19-12)11-18-16(20)9-10-21-15-8-3-2-7-14(15)17/h2-8H,9-11H2,1H3,(H,18,20). The first-order valence-electron chi connectivity index (χ1n) is 6.72. The fourth-order valence-corrected chi connectivity index (χ4v) is 3.31. The van der Waals surface area contributed by atoms with Gasteiger partial charge in [0.2, 0.25) is 5.91 Å². The summed E-state index contributed by atoms with van der Waals surface area (Å²) in [7, 11) is 0. The van der Waals surface area contributed by atoms with E-state index < -0.39 is 0 Å². The third-order valence-electron chi connectivity index (χ3n) is 2.84. The van der Waals surface area contributed by atoms with E-state index in [2.05, 4.69) is 26.2 Å². The fourth-order valence-electron chi connectivity index (χ4n) is 1.79. The predicted octanol–water partition coefficient (Wildman–Crippen LogP) is 3.95. The van der Waals surface area contributed by atoms with E-state index in [-0.39, 0.29) is 5.91 Å². The first kappa shape index (κ1) is 16.0. The summed E-state index contributed by atoms with van der Waals surface area (Å²) in [5.41, 5.74) is 1.85. The van der Waals surface area contributed by atoms with Gasteiger partial charge in [0.15, 0.2) is 0 Å². The molecule has 0 unspecified atom stereocenters. The number of aromatic nitrogens is 1. The van der Waals surface area contributed by atoms with Gasteiger partial charge in [-0.25, -0.2) is 0 Å². The van der Waals surface area contributed by atoms with Crippen LogP contribution in [-0.4, -0.2) is 16.6 Å². The van der Waals surface area contributed by atoms with Crippen LogP contribution in [0.5, 0.6) is 0 Å². The Hall–Kier alpha value is -1.33. The Morgan fingerprint density at radius 2 is 2.05 bits per heavy atom. The third kappa shape index (κ3) is 5.52. The molecule has 1 N–H and O–H groups in total. The molecule has 0 bridgehead atoms. The van der Waals surface area contributed by atoms with E-state index in [1.807, 2.05) is 49.4 Å². The van der Waals surface area contributed by atoms with E-state index in [0.717, 1.165) is 26.5 Å². The second kappa shape index (κ2) is 8.20. The van der Waals surface area contributed by atoms with Gasteiger partial charge < -0.3 is 5.32 Å². The van der Waals surface area contributed by atoms with Gasteiger partial charge in [0.1, 0.15) is 0 Å². The number of benzene rings is 1. The van der Waals surface area contributed by atoms with Crippen molar-refractivity contribution in [2.45, 2.75) is 24.8 Å². The molecule has 110 valence electrons. The van der Waals surface area contributed by atoms with Crippen molar-refractivity contribution in [1.82, 2.24) is 10.3 Å². The van der Waals surface area contributed by atoms with Crippen LogP contribution in [0.25, 0.3) is 0 Å². The van der Waals surface area contributed by atoms with E-state index in [1.165, 1.54) is 0 Å². The maximum Gasteiger partial charge on any atom is 0.221 e. The quantitative estimate of drug-likeness (QED) is 0.789. The summed E-state index contributed by atoms with van der Waals surface area (Å²) in [6.07, 6.45) is 0.498. The van der Waals surface area contributed by atoms with Crippen molar-refractivity contribution in [2.75, 3.05) is 5.75 Å². The summed E-state index contributed by atoms with van der Waals surface area (Å²) in [5.74, 6) is 0.813. The van der Waals surface area contributed by atoms with Crippen LogP contribution < -0.4 is 5.32 Å². The molecule has 1 aromatic heterocycles. The largest absolute Gasteiger partial charge is 0.350 e. The van der Waals surface area contributed by atoms with Gasteiger partial charge in [-0.3, -0.25) is 9.78 Å². The minimum absolute atomic E-state index is 0.0536. The van der Waals surface area contributed by atoms with Gasteiger partial charge >= 0.3 is 0 Å². The summed E-state index contributed by atoms with van der Waals surface area (Å²) in [4.78, 5) is 17.3. The highest BCUT2D eigenvalue weighted by Crippen LogP contribution is 2.27. The van der Waals surface area contributed by atoms with Gasteiger partial charge in [-0.15, -0.1) is 11.8 Å². The minimum atomic E-state index is 0.0536. The summed E-state index contributed by atoms with van der Waals surface area (Å²) in [5, 5.41) is 2.90. The number of rotatable bonds is 6. The van der Waals surface area contributed by atoms with Gasteiger partial charge in [-0.2, -0.15) is 0 Å². The monoisotopic (exact) mass is 364 g/mol. The number of halogens is 1. The van der Waals surface area contributed by atoms with Crippen molar-refractivity contribution >= 4 is 33.6 Å². The highest BCUT2D eigenvalue weighted by Gasteiger charge is 2.04. The number of hydrogen-bond donors (Lipinski definition) is 1. The number of aryl methyl sites for hydroxylation is 1. The van der Waals surface area contributed by atoms with Gasteiger partial charge in [0, 0.05) is 27.2 Å². The molecule has 21 heavy (non-hydrogen) atoms. The lowest BCUT2D eigenvalue weighted by Crippen LogP contribution is -2.23. The van der Waals surface area contributed by atoms with Crippen LogP contribution in [-0.2, 0) is 11.3 Å². The molecule has 0 fully saturated rings. The third-order valence-corrected chi connectivity index (χ3v) is 4.87. The van der Waals surface area contributed by atoms with Gasteiger partial charge in [0.25, 0.3) is 0 Å². The maximum absolute atomic E-state index is 11.8. The van der Waals surface area contributed by atoms with Crippen molar-refractivity contribution in [3.05, 3.63) is 58.3 Å². The van der Waals surface area contributed by atoms with Crippen molar-refractivity contribution in [2.24, 2.45) is 0 Å². The maximum atomic E-state index is 11.8. The molecule has 0 aliphatic rings. The zero-order valence-electron chi connectivity index (χ0n) is 11.8. The molecule has 2 rings (SSSR count). The molecule has 0 aliphatic carbocycles. The second-order valence-electron chi connectivity index (χ2n) is 4.58. The van der Waals surface area contributed by atoms with Crippen LogP contribution in [0, 0.1) is 6.92 Å². The van der Waals surface area contributed by atoms with Crippen molar-refractivity contribution < 1.29 is 4.79 Å². The minimum Gasteiger partial charge on any atom is -0.350 e. The Kier molecular flexibility index (Phi) is 6.26. The second-order valence-corrected chi connectivity index (χ2v) is 6.57. The summed E-state index contributed by atoms with van der Waals surface area (Å²) < 4.78 is 1.07. The Morgan fingerprint density at radius 3 is 2.81 bits per heavy atom. The van der Waals surface area contributed by atoms with Gasteiger partial charge in [0.05, 0.1) is 12.2 Å². The van der Waals surface area contributed by atoms with Crippen LogP contribution in [0.4, 0.5) is 0 Å². The molecule has 1 amide bonds. The molecule has 5 heteroatoms. The summed E-state index contributed by atoms with van der Waals surface area (Å²) >= 11 is 5.18. The van der Waals surface area contributed by atoms with E-state index >= 15 is 0 Å². The Morgan fingerprint density at radius 1 is 1.24 bits per heavy atom. The number of hydrogen-bond acceptors (Lipinski definition) is 3. The van der Waals surface area contributed by atoms with E-state index in [4.69, 9.17) is 0 Å². The zero-order valence-corrected chi connectivity index (χ0v) is 14.2. The molecule has 1 heterocycles. The molecule has 0 aliphatic heterocycles.